The van der Waals surface area contributed by atoms with Crippen molar-refractivity contribution < 1.29 is 14.0 Å². The van der Waals surface area contributed by atoms with E-state index in [2.05, 4.69) is 20.4 Å². The minimum Gasteiger partial charge on any atom is -0.324 e. The average molecular weight is 463 g/mol. The molecule has 1 N–H and O–H groups in total. The van der Waals surface area contributed by atoms with Crippen LogP contribution in [-0.2, 0) is 9.59 Å². The second kappa shape index (κ2) is 8.99. The number of amides is 2. The maximum atomic E-state index is 13.3. The van der Waals surface area contributed by atoms with E-state index in [9.17, 15) is 14.0 Å². The van der Waals surface area contributed by atoms with Crippen LogP contribution >= 0.6 is 11.8 Å². The zero-order valence-electron chi connectivity index (χ0n) is 17.4. The molecule has 1 fully saturated rings. The summed E-state index contributed by atoms with van der Waals surface area (Å²) in [5.41, 5.74) is 2.56. The molecule has 4 aromatic rings. The number of carbonyl (C=O) groups is 2. The second-order valence-corrected chi connectivity index (χ2v) is 8.42. The van der Waals surface area contributed by atoms with E-state index in [4.69, 9.17) is 0 Å². The Kier molecular flexibility index (Phi) is 5.74. The maximum absolute atomic E-state index is 13.3. The van der Waals surface area contributed by atoms with E-state index in [0.29, 0.717) is 46.1 Å². The third-order valence-corrected chi connectivity index (χ3v) is 6.29. The van der Waals surface area contributed by atoms with Gasteiger partial charge < -0.3 is 10.2 Å². The number of thioether (sulfide) groups is 1. The highest BCUT2D eigenvalue weighted by Gasteiger charge is 2.24. The van der Waals surface area contributed by atoms with Crippen molar-refractivity contribution in [1.29, 1.82) is 0 Å². The van der Waals surface area contributed by atoms with Crippen molar-refractivity contribution in [3.63, 3.8) is 0 Å². The molecule has 1 saturated heterocycles. The van der Waals surface area contributed by atoms with Gasteiger partial charge in [0, 0.05) is 13.0 Å². The van der Waals surface area contributed by atoms with Gasteiger partial charge in [-0.05, 0) is 42.8 Å². The molecule has 33 heavy (non-hydrogen) atoms. The Morgan fingerprint density at radius 1 is 1.12 bits per heavy atom. The highest BCUT2D eigenvalue weighted by atomic mass is 32.2. The number of hydrogen-bond acceptors (Lipinski definition) is 6. The van der Waals surface area contributed by atoms with E-state index in [1.54, 1.807) is 34.0 Å². The van der Waals surface area contributed by atoms with Gasteiger partial charge in [-0.2, -0.15) is 5.10 Å². The molecule has 3 heterocycles. The molecule has 1 aliphatic heterocycles. The standard InChI is InChI=1S/C23H19FN6O2S/c24-15-7-9-16(10-8-15)30-22-17(12-27-30)23(26-14-25-22)33-13-20(31)28-18-4-1-2-5-19(18)29-11-3-6-21(29)32/h1-2,4-5,7-10,12,14H,3,6,11,13H2,(H,28,31). The molecule has 0 radical (unpaired) electrons. The summed E-state index contributed by atoms with van der Waals surface area (Å²) in [6.45, 7) is 0.650. The molecular formula is C23H19FN6O2S. The summed E-state index contributed by atoms with van der Waals surface area (Å²) in [7, 11) is 0. The van der Waals surface area contributed by atoms with Crippen molar-refractivity contribution in [1.82, 2.24) is 19.7 Å². The van der Waals surface area contributed by atoms with Gasteiger partial charge in [0.15, 0.2) is 5.65 Å². The molecule has 1 aliphatic rings. The van der Waals surface area contributed by atoms with Crippen molar-refractivity contribution in [2.45, 2.75) is 17.9 Å². The molecule has 2 aromatic carbocycles. The fourth-order valence-electron chi connectivity index (χ4n) is 3.75. The number of nitrogens with one attached hydrogen (secondary N) is 1. The maximum Gasteiger partial charge on any atom is 0.234 e. The monoisotopic (exact) mass is 462 g/mol. The molecule has 5 rings (SSSR count). The van der Waals surface area contributed by atoms with E-state index in [0.717, 1.165) is 6.42 Å². The molecule has 2 amide bonds. The fourth-order valence-corrected chi connectivity index (χ4v) is 4.51. The topological polar surface area (TPSA) is 93.0 Å². The Hall–Kier alpha value is -3.79. The van der Waals surface area contributed by atoms with E-state index < -0.39 is 0 Å². The van der Waals surface area contributed by atoms with Gasteiger partial charge in [0.05, 0.1) is 34.4 Å². The van der Waals surface area contributed by atoms with Crippen molar-refractivity contribution in [3.05, 3.63) is 66.9 Å². The minimum atomic E-state index is -0.331. The van der Waals surface area contributed by atoms with Crippen LogP contribution in [0.25, 0.3) is 16.7 Å². The summed E-state index contributed by atoms with van der Waals surface area (Å²) in [5.74, 6) is -0.358. The van der Waals surface area contributed by atoms with Gasteiger partial charge in [-0.3, -0.25) is 9.59 Å². The summed E-state index contributed by atoms with van der Waals surface area (Å²) >= 11 is 1.27. The number of nitrogens with zero attached hydrogens (tertiary/aromatic N) is 5. The minimum absolute atomic E-state index is 0.0626. The molecule has 0 unspecified atom stereocenters. The highest BCUT2D eigenvalue weighted by Crippen LogP contribution is 2.30. The number of aromatic nitrogens is 4. The Balaban J connectivity index is 1.31. The predicted octanol–water partition coefficient (Wildman–Crippen LogP) is 3.81. The number of anilines is 2. The zero-order chi connectivity index (χ0) is 22.8. The number of benzene rings is 2. The van der Waals surface area contributed by atoms with Gasteiger partial charge in [0.1, 0.15) is 17.2 Å². The number of halogens is 1. The van der Waals surface area contributed by atoms with Gasteiger partial charge in [-0.1, -0.05) is 23.9 Å². The van der Waals surface area contributed by atoms with Gasteiger partial charge in [0.2, 0.25) is 11.8 Å². The van der Waals surface area contributed by atoms with E-state index >= 15 is 0 Å². The normalized spacial score (nSPS) is 13.6. The van der Waals surface area contributed by atoms with Crippen LogP contribution in [0.4, 0.5) is 15.8 Å². The average Bonchev–Trinajstić information content (AvgIpc) is 3.45. The first-order valence-electron chi connectivity index (χ1n) is 10.4. The Labute approximate surface area is 192 Å². The molecule has 0 aliphatic carbocycles. The van der Waals surface area contributed by atoms with Crippen LogP contribution in [0.5, 0.6) is 0 Å². The van der Waals surface area contributed by atoms with Crippen LogP contribution in [0.2, 0.25) is 0 Å². The lowest BCUT2D eigenvalue weighted by Crippen LogP contribution is -2.26. The van der Waals surface area contributed by atoms with E-state index in [-0.39, 0.29) is 23.4 Å². The number of fused-ring (bicyclic) bond motifs is 1. The first-order chi connectivity index (χ1) is 16.1. The van der Waals surface area contributed by atoms with Gasteiger partial charge in [-0.25, -0.2) is 19.0 Å². The molecular weight excluding hydrogens is 443 g/mol. The van der Waals surface area contributed by atoms with Gasteiger partial charge in [-0.15, -0.1) is 0 Å². The Morgan fingerprint density at radius 2 is 1.94 bits per heavy atom. The molecule has 2 aromatic heterocycles. The summed E-state index contributed by atoms with van der Waals surface area (Å²) < 4.78 is 14.9. The van der Waals surface area contributed by atoms with Crippen molar-refractivity contribution >= 4 is 46.0 Å². The lowest BCUT2D eigenvalue weighted by Gasteiger charge is -2.19. The predicted molar refractivity (Wildman–Crippen MR) is 124 cm³/mol. The number of para-hydroxylation sites is 2. The smallest absolute Gasteiger partial charge is 0.234 e. The van der Waals surface area contributed by atoms with Crippen molar-refractivity contribution in [2.24, 2.45) is 0 Å². The van der Waals surface area contributed by atoms with Crippen LogP contribution in [0.1, 0.15) is 12.8 Å². The molecule has 0 saturated carbocycles. The molecule has 8 nitrogen and oxygen atoms in total. The van der Waals surface area contributed by atoms with Gasteiger partial charge >= 0.3 is 0 Å². The number of hydrogen-bond donors (Lipinski definition) is 1. The molecule has 0 spiro atoms. The summed E-state index contributed by atoms with van der Waals surface area (Å²) in [6, 6.07) is 13.3. The lowest BCUT2D eigenvalue weighted by atomic mass is 10.2. The molecule has 0 bridgehead atoms. The molecule has 166 valence electrons. The van der Waals surface area contributed by atoms with E-state index in [1.165, 1.54) is 30.2 Å². The van der Waals surface area contributed by atoms with E-state index in [1.807, 2.05) is 18.2 Å². The highest BCUT2D eigenvalue weighted by molar-refractivity contribution is 8.00. The summed E-state index contributed by atoms with van der Waals surface area (Å²) in [6.07, 6.45) is 4.38. The second-order valence-electron chi connectivity index (χ2n) is 7.45. The quantitative estimate of drug-likeness (QED) is 0.346. The third kappa shape index (κ3) is 4.29. The van der Waals surface area contributed by atoms with Crippen molar-refractivity contribution in [2.75, 3.05) is 22.5 Å². The Morgan fingerprint density at radius 3 is 2.73 bits per heavy atom. The molecule has 10 heteroatoms. The van der Waals surface area contributed by atoms with Crippen LogP contribution in [0.3, 0.4) is 0 Å². The van der Waals surface area contributed by atoms with Crippen LogP contribution in [0.15, 0.2) is 66.1 Å². The summed E-state index contributed by atoms with van der Waals surface area (Å²) in [5, 5.41) is 8.58. The fraction of sp³-hybridized carbons (Fsp3) is 0.174. The summed E-state index contributed by atoms with van der Waals surface area (Å²) in [4.78, 5) is 35.1. The molecule has 0 atom stereocenters. The Bertz CT molecular complexity index is 1340. The SMILES string of the molecule is O=C(CSc1ncnc2c1cnn2-c1ccc(F)cc1)Nc1ccccc1N1CCCC1=O. The third-order valence-electron chi connectivity index (χ3n) is 5.28. The van der Waals surface area contributed by atoms with Crippen LogP contribution < -0.4 is 10.2 Å². The zero-order valence-corrected chi connectivity index (χ0v) is 18.3. The first kappa shape index (κ1) is 21.1. The number of carbonyl (C=O) groups excluding carboxylic acids is 2. The van der Waals surface area contributed by atoms with Gasteiger partial charge in [0.25, 0.3) is 0 Å². The van der Waals surface area contributed by atoms with Crippen LogP contribution in [0, 0.1) is 5.82 Å². The first-order valence-corrected chi connectivity index (χ1v) is 11.4. The largest absolute Gasteiger partial charge is 0.324 e. The lowest BCUT2D eigenvalue weighted by molar-refractivity contribution is -0.117. The van der Waals surface area contributed by atoms with Crippen molar-refractivity contribution in [3.8, 4) is 5.69 Å². The number of rotatable bonds is 6. The van der Waals surface area contributed by atoms with Crippen LogP contribution in [-0.4, -0.2) is 43.9 Å².